The molecule has 100 valence electrons. The van der Waals surface area contributed by atoms with Gasteiger partial charge in [-0.3, -0.25) is 4.90 Å². The van der Waals surface area contributed by atoms with Gasteiger partial charge in [0.2, 0.25) is 0 Å². The molecule has 1 unspecified atom stereocenters. The molecule has 1 aromatic heterocycles. The van der Waals surface area contributed by atoms with Crippen LogP contribution in [0.3, 0.4) is 0 Å². The van der Waals surface area contributed by atoms with Crippen LogP contribution in [0.1, 0.15) is 17.2 Å². The zero-order valence-corrected chi connectivity index (χ0v) is 11.5. The van der Waals surface area contributed by atoms with E-state index >= 15 is 0 Å². The van der Waals surface area contributed by atoms with Gasteiger partial charge in [0.1, 0.15) is 5.75 Å². The van der Waals surface area contributed by atoms with Gasteiger partial charge in [0.05, 0.1) is 12.7 Å². The van der Waals surface area contributed by atoms with E-state index in [1.54, 1.807) is 23.5 Å². The van der Waals surface area contributed by atoms with Crippen LogP contribution in [0.2, 0.25) is 0 Å². The van der Waals surface area contributed by atoms with Crippen molar-refractivity contribution >= 4 is 11.3 Å². The number of thiophene rings is 1. The molecule has 3 rings (SSSR count). The molecule has 3 nitrogen and oxygen atoms in total. The first kappa shape index (κ1) is 12.7. The van der Waals surface area contributed by atoms with E-state index in [-0.39, 0.29) is 6.10 Å². The second-order valence-electron chi connectivity index (χ2n) is 4.82. The molecule has 0 bridgehead atoms. The SMILES string of the molecule is Oc1cccc(C2CN(Cc3ccsc3)CCO2)c1. The van der Waals surface area contributed by atoms with Crippen LogP contribution in [-0.2, 0) is 11.3 Å². The molecule has 0 aliphatic carbocycles. The van der Waals surface area contributed by atoms with Crippen LogP contribution < -0.4 is 0 Å². The first-order valence-corrected chi connectivity index (χ1v) is 7.39. The van der Waals surface area contributed by atoms with E-state index in [4.69, 9.17) is 4.74 Å². The minimum atomic E-state index is 0.0551. The number of ether oxygens (including phenoxy) is 1. The van der Waals surface area contributed by atoms with E-state index < -0.39 is 0 Å². The van der Waals surface area contributed by atoms with Gasteiger partial charge in [-0.1, -0.05) is 12.1 Å². The van der Waals surface area contributed by atoms with Crippen molar-refractivity contribution < 1.29 is 9.84 Å². The number of hydrogen-bond acceptors (Lipinski definition) is 4. The summed E-state index contributed by atoms with van der Waals surface area (Å²) in [6.07, 6.45) is 0.0551. The Morgan fingerprint density at radius 3 is 3.11 bits per heavy atom. The Hall–Kier alpha value is -1.36. The Labute approximate surface area is 117 Å². The predicted octanol–water partition coefficient (Wildman–Crippen LogP) is 3.03. The van der Waals surface area contributed by atoms with Crippen LogP contribution in [0.4, 0.5) is 0 Å². The van der Waals surface area contributed by atoms with Gasteiger partial charge < -0.3 is 9.84 Å². The molecule has 1 N–H and O–H groups in total. The molecule has 1 aliphatic rings. The molecular formula is C15H17NO2S. The number of morpholine rings is 1. The summed E-state index contributed by atoms with van der Waals surface area (Å²) in [5.74, 6) is 0.302. The number of aromatic hydroxyl groups is 1. The largest absolute Gasteiger partial charge is 0.508 e. The molecule has 1 aliphatic heterocycles. The number of phenols is 1. The third kappa shape index (κ3) is 3.15. The number of benzene rings is 1. The summed E-state index contributed by atoms with van der Waals surface area (Å²) >= 11 is 1.74. The highest BCUT2D eigenvalue weighted by Crippen LogP contribution is 2.25. The van der Waals surface area contributed by atoms with Crippen LogP contribution >= 0.6 is 11.3 Å². The summed E-state index contributed by atoms with van der Waals surface area (Å²) < 4.78 is 5.82. The van der Waals surface area contributed by atoms with E-state index in [1.807, 2.05) is 12.1 Å². The van der Waals surface area contributed by atoms with Crippen LogP contribution in [0.25, 0.3) is 0 Å². The number of phenolic OH excluding ortho intramolecular Hbond substituents is 1. The standard InChI is InChI=1S/C15H17NO2S/c17-14-3-1-2-13(8-14)15-10-16(5-6-18-15)9-12-4-7-19-11-12/h1-4,7-8,11,15,17H,5-6,9-10H2. The minimum Gasteiger partial charge on any atom is -0.508 e. The molecule has 1 aromatic carbocycles. The summed E-state index contributed by atoms with van der Waals surface area (Å²) in [5, 5.41) is 13.9. The van der Waals surface area contributed by atoms with Gasteiger partial charge in [0, 0.05) is 19.6 Å². The van der Waals surface area contributed by atoms with E-state index in [2.05, 4.69) is 21.7 Å². The first-order valence-electron chi connectivity index (χ1n) is 6.45. The van der Waals surface area contributed by atoms with Crippen molar-refractivity contribution in [2.45, 2.75) is 12.6 Å². The first-order chi connectivity index (χ1) is 9.31. The Morgan fingerprint density at radius 1 is 1.37 bits per heavy atom. The fourth-order valence-electron chi connectivity index (χ4n) is 2.41. The lowest BCUT2D eigenvalue weighted by atomic mass is 10.1. The lowest BCUT2D eigenvalue weighted by Gasteiger charge is -2.33. The molecule has 0 radical (unpaired) electrons. The van der Waals surface area contributed by atoms with Crippen molar-refractivity contribution in [1.29, 1.82) is 0 Å². The molecule has 2 heterocycles. The highest BCUT2D eigenvalue weighted by molar-refractivity contribution is 7.07. The highest BCUT2D eigenvalue weighted by atomic mass is 32.1. The summed E-state index contributed by atoms with van der Waals surface area (Å²) in [6, 6.07) is 9.53. The zero-order chi connectivity index (χ0) is 13.1. The Bertz CT molecular complexity index is 527. The molecule has 1 fully saturated rings. The second kappa shape index (κ2) is 5.74. The third-order valence-electron chi connectivity index (χ3n) is 3.38. The van der Waals surface area contributed by atoms with E-state index in [1.165, 1.54) is 5.56 Å². The fraction of sp³-hybridized carbons (Fsp3) is 0.333. The lowest BCUT2D eigenvalue weighted by molar-refractivity contribution is -0.0329. The lowest BCUT2D eigenvalue weighted by Crippen LogP contribution is -2.37. The van der Waals surface area contributed by atoms with Crippen LogP contribution in [0, 0.1) is 0 Å². The molecule has 0 spiro atoms. The smallest absolute Gasteiger partial charge is 0.115 e. The van der Waals surface area contributed by atoms with Crippen LogP contribution in [-0.4, -0.2) is 29.7 Å². The van der Waals surface area contributed by atoms with Crippen LogP contribution in [0.5, 0.6) is 5.75 Å². The Kier molecular flexibility index (Phi) is 3.82. The zero-order valence-electron chi connectivity index (χ0n) is 10.7. The van der Waals surface area contributed by atoms with Crippen molar-refractivity contribution in [1.82, 2.24) is 4.90 Å². The minimum absolute atomic E-state index is 0.0551. The quantitative estimate of drug-likeness (QED) is 0.934. The Morgan fingerprint density at radius 2 is 2.32 bits per heavy atom. The molecule has 1 atom stereocenters. The van der Waals surface area contributed by atoms with Gasteiger partial charge in [-0.25, -0.2) is 0 Å². The normalized spacial score (nSPS) is 20.5. The third-order valence-corrected chi connectivity index (χ3v) is 4.11. The molecule has 4 heteroatoms. The van der Waals surface area contributed by atoms with Gasteiger partial charge >= 0.3 is 0 Å². The van der Waals surface area contributed by atoms with Crippen molar-refractivity contribution in [2.75, 3.05) is 19.7 Å². The predicted molar refractivity (Wildman–Crippen MR) is 76.4 cm³/mol. The molecule has 1 saturated heterocycles. The van der Waals surface area contributed by atoms with Crippen molar-refractivity contribution in [3.63, 3.8) is 0 Å². The van der Waals surface area contributed by atoms with Gasteiger partial charge in [0.15, 0.2) is 0 Å². The number of nitrogens with zero attached hydrogens (tertiary/aromatic N) is 1. The van der Waals surface area contributed by atoms with Gasteiger partial charge in [-0.2, -0.15) is 11.3 Å². The van der Waals surface area contributed by atoms with E-state index in [0.717, 1.165) is 31.8 Å². The topological polar surface area (TPSA) is 32.7 Å². The number of hydrogen-bond donors (Lipinski definition) is 1. The van der Waals surface area contributed by atoms with Gasteiger partial charge in [-0.05, 0) is 40.1 Å². The molecule has 19 heavy (non-hydrogen) atoms. The maximum absolute atomic E-state index is 9.55. The average molecular weight is 275 g/mol. The van der Waals surface area contributed by atoms with E-state index in [0.29, 0.717) is 5.75 Å². The molecule has 0 saturated carbocycles. The maximum Gasteiger partial charge on any atom is 0.115 e. The monoisotopic (exact) mass is 275 g/mol. The Balaban J connectivity index is 1.67. The van der Waals surface area contributed by atoms with E-state index in [9.17, 15) is 5.11 Å². The second-order valence-corrected chi connectivity index (χ2v) is 5.60. The van der Waals surface area contributed by atoms with Crippen molar-refractivity contribution in [2.24, 2.45) is 0 Å². The average Bonchev–Trinajstić information content (AvgIpc) is 2.92. The fourth-order valence-corrected chi connectivity index (χ4v) is 3.07. The van der Waals surface area contributed by atoms with Gasteiger partial charge in [-0.15, -0.1) is 0 Å². The molecule has 0 amide bonds. The number of rotatable bonds is 3. The summed E-state index contributed by atoms with van der Waals surface area (Å²) in [7, 11) is 0. The highest BCUT2D eigenvalue weighted by Gasteiger charge is 2.22. The van der Waals surface area contributed by atoms with Gasteiger partial charge in [0.25, 0.3) is 0 Å². The van der Waals surface area contributed by atoms with Crippen molar-refractivity contribution in [3.8, 4) is 5.75 Å². The summed E-state index contributed by atoms with van der Waals surface area (Å²) in [6.45, 7) is 3.55. The molecular weight excluding hydrogens is 258 g/mol. The molecule has 2 aromatic rings. The maximum atomic E-state index is 9.55. The summed E-state index contributed by atoms with van der Waals surface area (Å²) in [5.41, 5.74) is 2.41. The van der Waals surface area contributed by atoms with Crippen LogP contribution in [0.15, 0.2) is 41.1 Å². The van der Waals surface area contributed by atoms with Crippen molar-refractivity contribution in [3.05, 3.63) is 52.2 Å². The summed E-state index contributed by atoms with van der Waals surface area (Å²) in [4.78, 5) is 2.40.